The SMILES string of the molecule is Cc1ccccc1N1CCNC(=O)CC1. The molecular formula is C12H16N2O. The van der Waals surface area contributed by atoms with Crippen LogP contribution in [0.15, 0.2) is 24.3 Å². The highest BCUT2D eigenvalue weighted by atomic mass is 16.1. The first-order valence-corrected chi connectivity index (χ1v) is 5.34. The first kappa shape index (κ1) is 10.0. The molecule has 0 saturated carbocycles. The summed E-state index contributed by atoms with van der Waals surface area (Å²) in [5, 5.41) is 2.88. The summed E-state index contributed by atoms with van der Waals surface area (Å²) in [6.07, 6.45) is 0.592. The second-order valence-electron chi connectivity index (χ2n) is 3.87. The molecule has 0 unspecified atom stereocenters. The number of benzene rings is 1. The second kappa shape index (κ2) is 4.34. The zero-order valence-corrected chi connectivity index (χ0v) is 8.99. The molecule has 3 nitrogen and oxygen atoms in total. The Hall–Kier alpha value is -1.51. The number of hydrogen-bond acceptors (Lipinski definition) is 2. The lowest BCUT2D eigenvalue weighted by Gasteiger charge is -2.23. The monoisotopic (exact) mass is 204 g/mol. The van der Waals surface area contributed by atoms with Crippen molar-refractivity contribution in [2.24, 2.45) is 0 Å². The Labute approximate surface area is 90.1 Å². The number of hydrogen-bond donors (Lipinski definition) is 1. The third-order valence-electron chi connectivity index (χ3n) is 2.77. The van der Waals surface area contributed by atoms with Crippen molar-refractivity contribution < 1.29 is 4.79 Å². The Morgan fingerprint density at radius 1 is 1.27 bits per heavy atom. The lowest BCUT2D eigenvalue weighted by molar-refractivity contribution is -0.120. The average molecular weight is 204 g/mol. The number of rotatable bonds is 1. The van der Waals surface area contributed by atoms with Gasteiger partial charge in [-0.2, -0.15) is 0 Å². The Kier molecular flexibility index (Phi) is 2.90. The van der Waals surface area contributed by atoms with E-state index in [2.05, 4.69) is 29.3 Å². The van der Waals surface area contributed by atoms with Crippen molar-refractivity contribution in [1.29, 1.82) is 0 Å². The van der Waals surface area contributed by atoms with Crippen LogP contribution in [0.4, 0.5) is 5.69 Å². The Bertz CT molecular complexity index is 362. The Balaban J connectivity index is 2.16. The molecule has 1 N–H and O–H groups in total. The molecule has 1 aliphatic heterocycles. The Morgan fingerprint density at radius 2 is 2.07 bits per heavy atom. The first-order chi connectivity index (χ1) is 7.27. The smallest absolute Gasteiger partial charge is 0.221 e. The van der Waals surface area contributed by atoms with Crippen LogP contribution in [0.2, 0.25) is 0 Å². The molecule has 0 aromatic heterocycles. The molecule has 0 bridgehead atoms. The van der Waals surface area contributed by atoms with Gasteiger partial charge in [-0.05, 0) is 18.6 Å². The predicted octanol–water partition coefficient (Wildman–Crippen LogP) is 1.32. The van der Waals surface area contributed by atoms with Gasteiger partial charge in [-0.25, -0.2) is 0 Å². The minimum absolute atomic E-state index is 0.158. The quantitative estimate of drug-likeness (QED) is 0.748. The van der Waals surface area contributed by atoms with Crippen LogP contribution < -0.4 is 10.2 Å². The predicted molar refractivity (Wildman–Crippen MR) is 61.0 cm³/mol. The van der Waals surface area contributed by atoms with E-state index in [1.54, 1.807) is 0 Å². The van der Waals surface area contributed by atoms with E-state index in [-0.39, 0.29) is 5.91 Å². The zero-order chi connectivity index (χ0) is 10.7. The highest BCUT2D eigenvalue weighted by Gasteiger charge is 2.14. The molecule has 1 aliphatic rings. The fourth-order valence-electron chi connectivity index (χ4n) is 1.93. The highest BCUT2D eigenvalue weighted by Crippen LogP contribution is 2.19. The van der Waals surface area contributed by atoms with Gasteiger partial charge in [0, 0.05) is 31.7 Å². The molecule has 80 valence electrons. The van der Waals surface area contributed by atoms with E-state index >= 15 is 0 Å². The van der Waals surface area contributed by atoms with Gasteiger partial charge >= 0.3 is 0 Å². The lowest BCUT2D eigenvalue weighted by atomic mass is 10.2. The minimum atomic E-state index is 0.158. The Morgan fingerprint density at radius 3 is 2.87 bits per heavy atom. The third-order valence-corrected chi connectivity index (χ3v) is 2.77. The molecule has 1 saturated heterocycles. The topological polar surface area (TPSA) is 32.3 Å². The molecule has 1 aromatic carbocycles. The van der Waals surface area contributed by atoms with Gasteiger partial charge in [0.05, 0.1) is 0 Å². The van der Waals surface area contributed by atoms with Crippen LogP contribution in [0, 0.1) is 6.92 Å². The van der Waals surface area contributed by atoms with E-state index < -0.39 is 0 Å². The van der Waals surface area contributed by atoms with Gasteiger partial charge in [0.1, 0.15) is 0 Å². The van der Waals surface area contributed by atoms with Crippen molar-refractivity contribution in [2.75, 3.05) is 24.5 Å². The van der Waals surface area contributed by atoms with Crippen LogP contribution >= 0.6 is 0 Å². The fourth-order valence-corrected chi connectivity index (χ4v) is 1.93. The van der Waals surface area contributed by atoms with Crippen molar-refractivity contribution in [1.82, 2.24) is 5.32 Å². The lowest BCUT2D eigenvalue weighted by Crippen LogP contribution is -2.28. The molecule has 15 heavy (non-hydrogen) atoms. The summed E-state index contributed by atoms with van der Waals surface area (Å²) in [6.45, 7) is 4.57. The van der Waals surface area contributed by atoms with Crippen LogP contribution in [0.3, 0.4) is 0 Å². The highest BCUT2D eigenvalue weighted by molar-refractivity contribution is 5.77. The van der Waals surface area contributed by atoms with Crippen LogP contribution in [0.5, 0.6) is 0 Å². The third kappa shape index (κ3) is 2.29. The summed E-state index contributed by atoms with van der Waals surface area (Å²) in [6, 6.07) is 8.31. The van der Waals surface area contributed by atoms with Gasteiger partial charge < -0.3 is 10.2 Å². The van der Waals surface area contributed by atoms with E-state index in [4.69, 9.17) is 0 Å². The van der Waals surface area contributed by atoms with Crippen molar-refractivity contribution in [3.05, 3.63) is 29.8 Å². The number of aryl methyl sites for hydroxylation is 1. The van der Waals surface area contributed by atoms with E-state index in [1.807, 2.05) is 12.1 Å². The number of anilines is 1. The number of amides is 1. The van der Waals surface area contributed by atoms with Crippen molar-refractivity contribution in [3.63, 3.8) is 0 Å². The fraction of sp³-hybridized carbons (Fsp3) is 0.417. The number of nitrogens with one attached hydrogen (secondary N) is 1. The maximum Gasteiger partial charge on any atom is 0.221 e. The molecule has 0 atom stereocenters. The number of para-hydroxylation sites is 1. The minimum Gasteiger partial charge on any atom is -0.369 e. The molecule has 1 heterocycles. The summed E-state index contributed by atoms with van der Waals surface area (Å²) in [4.78, 5) is 13.5. The van der Waals surface area contributed by atoms with Crippen LogP contribution in [-0.2, 0) is 4.79 Å². The summed E-state index contributed by atoms with van der Waals surface area (Å²) < 4.78 is 0. The van der Waals surface area contributed by atoms with Crippen LogP contribution in [0.1, 0.15) is 12.0 Å². The van der Waals surface area contributed by atoms with Gasteiger partial charge in [0.25, 0.3) is 0 Å². The zero-order valence-electron chi connectivity index (χ0n) is 8.99. The van der Waals surface area contributed by atoms with E-state index in [9.17, 15) is 4.79 Å². The maximum absolute atomic E-state index is 11.2. The first-order valence-electron chi connectivity index (χ1n) is 5.34. The van der Waals surface area contributed by atoms with Gasteiger partial charge in [-0.15, -0.1) is 0 Å². The molecule has 1 fully saturated rings. The molecule has 0 aliphatic carbocycles. The number of nitrogens with zero attached hydrogens (tertiary/aromatic N) is 1. The number of carbonyl (C=O) groups is 1. The van der Waals surface area contributed by atoms with Crippen LogP contribution in [0.25, 0.3) is 0 Å². The second-order valence-corrected chi connectivity index (χ2v) is 3.87. The molecule has 0 spiro atoms. The standard InChI is InChI=1S/C12H16N2O/c1-10-4-2-3-5-11(10)14-8-6-12(15)13-7-9-14/h2-5H,6-9H2,1H3,(H,13,15). The number of carbonyl (C=O) groups excluding carboxylic acids is 1. The summed E-state index contributed by atoms with van der Waals surface area (Å²) in [7, 11) is 0. The average Bonchev–Trinajstić information content (AvgIpc) is 2.44. The summed E-state index contributed by atoms with van der Waals surface area (Å²) in [5.41, 5.74) is 2.51. The summed E-state index contributed by atoms with van der Waals surface area (Å²) in [5.74, 6) is 0.158. The molecule has 0 radical (unpaired) electrons. The normalized spacial score (nSPS) is 17.1. The van der Waals surface area contributed by atoms with Gasteiger partial charge in [-0.1, -0.05) is 18.2 Å². The largest absolute Gasteiger partial charge is 0.369 e. The molecular weight excluding hydrogens is 188 g/mol. The maximum atomic E-state index is 11.2. The van der Waals surface area contributed by atoms with Crippen molar-refractivity contribution >= 4 is 11.6 Å². The van der Waals surface area contributed by atoms with Gasteiger partial charge in [0.2, 0.25) is 5.91 Å². The molecule has 2 rings (SSSR count). The van der Waals surface area contributed by atoms with Gasteiger partial charge in [0.15, 0.2) is 0 Å². The van der Waals surface area contributed by atoms with Crippen molar-refractivity contribution in [2.45, 2.75) is 13.3 Å². The summed E-state index contributed by atoms with van der Waals surface area (Å²) >= 11 is 0. The van der Waals surface area contributed by atoms with Crippen LogP contribution in [-0.4, -0.2) is 25.5 Å². The van der Waals surface area contributed by atoms with Gasteiger partial charge in [-0.3, -0.25) is 4.79 Å². The molecule has 1 aromatic rings. The van der Waals surface area contributed by atoms with Crippen molar-refractivity contribution in [3.8, 4) is 0 Å². The molecule has 1 amide bonds. The van der Waals surface area contributed by atoms with E-state index in [1.165, 1.54) is 11.3 Å². The molecule has 3 heteroatoms. The van der Waals surface area contributed by atoms with E-state index in [0.717, 1.165) is 19.6 Å². The van der Waals surface area contributed by atoms with E-state index in [0.29, 0.717) is 6.42 Å².